The van der Waals surface area contributed by atoms with Crippen LogP contribution in [0.5, 0.6) is 5.75 Å². The van der Waals surface area contributed by atoms with Crippen molar-refractivity contribution in [1.82, 2.24) is 5.32 Å². The van der Waals surface area contributed by atoms with Crippen LogP contribution in [0.25, 0.3) is 0 Å². The fraction of sp³-hybridized carbons (Fsp3) is 0.263. The number of hydrogen-bond acceptors (Lipinski definition) is 4. The maximum Gasteiger partial charge on any atom is 0.122 e. The van der Waals surface area contributed by atoms with Crippen molar-refractivity contribution in [3.05, 3.63) is 78.1 Å². The predicted octanol–water partition coefficient (Wildman–Crippen LogP) is 4.19. The maximum absolute atomic E-state index is 5.65. The molecule has 0 aliphatic rings. The Labute approximate surface area is 136 Å². The first-order chi connectivity index (χ1) is 11.4. The van der Waals surface area contributed by atoms with Crippen molar-refractivity contribution in [1.29, 1.82) is 0 Å². The second-order valence-electron chi connectivity index (χ2n) is 5.35. The summed E-state index contributed by atoms with van der Waals surface area (Å²) >= 11 is 0. The van der Waals surface area contributed by atoms with Crippen LogP contribution in [0.3, 0.4) is 0 Å². The van der Waals surface area contributed by atoms with Crippen LogP contribution in [0.15, 0.2) is 69.9 Å². The van der Waals surface area contributed by atoms with Crippen LogP contribution in [0.2, 0.25) is 0 Å². The summed E-state index contributed by atoms with van der Waals surface area (Å²) in [5.41, 5.74) is 1.14. The van der Waals surface area contributed by atoms with Crippen molar-refractivity contribution >= 4 is 0 Å². The molecule has 3 aromatic rings. The first-order valence-electron chi connectivity index (χ1n) is 7.78. The number of ether oxygens (including phenoxy) is 1. The van der Waals surface area contributed by atoms with Crippen LogP contribution in [0.4, 0.5) is 0 Å². The third kappa shape index (κ3) is 3.85. The molecule has 23 heavy (non-hydrogen) atoms. The number of methoxy groups -OCH3 is 1. The number of rotatable bonds is 8. The van der Waals surface area contributed by atoms with E-state index in [0.29, 0.717) is 0 Å². The van der Waals surface area contributed by atoms with Crippen molar-refractivity contribution in [2.24, 2.45) is 0 Å². The van der Waals surface area contributed by atoms with Crippen LogP contribution in [0, 0.1) is 0 Å². The molecule has 0 unspecified atom stereocenters. The number of nitrogens with one attached hydrogen (secondary N) is 1. The van der Waals surface area contributed by atoms with Gasteiger partial charge in [-0.15, -0.1) is 0 Å². The summed E-state index contributed by atoms with van der Waals surface area (Å²) in [5, 5.41) is 3.41. The van der Waals surface area contributed by atoms with Gasteiger partial charge in [0.15, 0.2) is 0 Å². The molecule has 1 atom stereocenters. The quantitative estimate of drug-likeness (QED) is 0.634. The van der Waals surface area contributed by atoms with Gasteiger partial charge in [-0.25, -0.2) is 0 Å². The molecule has 0 spiro atoms. The standard InChI is InChI=1S/C19H21NO3/c1-21-18-8-3-2-7-16(18)17(19-9-5-13-23-19)10-11-20-14-15-6-4-12-22-15/h2-9,12-13,17,20H,10-11,14H2,1H3/t17-/m1/s1. The Morgan fingerprint density at radius 3 is 2.57 bits per heavy atom. The Kier molecular flexibility index (Phi) is 5.17. The van der Waals surface area contributed by atoms with Gasteiger partial charge in [-0.05, 0) is 43.3 Å². The van der Waals surface area contributed by atoms with E-state index in [9.17, 15) is 0 Å². The van der Waals surface area contributed by atoms with E-state index in [1.165, 1.54) is 0 Å². The average Bonchev–Trinajstić information content (AvgIpc) is 3.28. The minimum absolute atomic E-state index is 0.158. The molecule has 3 rings (SSSR count). The van der Waals surface area contributed by atoms with E-state index >= 15 is 0 Å². The molecule has 0 aliphatic carbocycles. The molecule has 1 aromatic carbocycles. The molecular weight excluding hydrogens is 290 g/mol. The number of furan rings is 2. The minimum Gasteiger partial charge on any atom is -0.496 e. The molecule has 0 saturated carbocycles. The van der Waals surface area contributed by atoms with Gasteiger partial charge < -0.3 is 18.9 Å². The van der Waals surface area contributed by atoms with Crippen molar-refractivity contribution in [2.45, 2.75) is 18.9 Å². The van der Waals surface area contributed by atoms with Crippen LogP contribution < -0.4 is 10.1 Å². The predicted molar refractivity (Wildman–Crippen MR) is 88.6 cm³/mol. The summed E-state index contributed by atoms with van der Waals surface area (Å²) in [4.78, 5) is 0. The van der Waals surface area contributed by atoms with E-state index < -0.39 is 0 Å². The number of para-hydroxylation sites is 1. The Morgan fingerprint density at radius 2 is 1.83 bits per heavy atom. The zero-order valence-corrected chi connectivity index (χ0v) is 13.2. The third-order valence-electron chi connectivity index (χ3n) is 3.89. The Balaban J connectivity index is 1.69. The molecule has 2 aromatic heterocycles. The first kappa shape index (κ1) is 15.4. The number of hydrogen-bond donors (Lipinski definition) is 1. The highest BCUT2D eigenvalue weighted by Gasteiger charge is 2.20. The van der Waals surface area contributed by atoms with Crippen molar-refractivity contribution in [3.8, 4) is 5.75 Å². The van der Waals surface area contributed by atoms with Crippen LogP contribution >= 0.6 is 0 Å². The van der Waals surface area contributed by atoms with Crippen molar-refractivity contribution < 1.29 is 13.6 Å². The van der Waals surface area contributed by atoms with Gasteiger partial charge in [0.05, 0.1) is 26.2 Å². The number of benzene rings is 1. The maximum atomic E-state index is 5.65. The zero-order chi connectivity index (χ0) is 15.9. The van der Waals surface area contributed by atoms with Gasteiger partial charge in [0.2, 0.25) is 0 Å². The summed E-state index contributed by atoms with van der Waals surface area (Å²) in [6.45, 7) is 1.58. The zero-order valence-electron chi connectivity index (χ0n) is 13.2. The van der Waals surface area contributed by atoms with E-state index in [0.717, 1.165) is 42.3 Å². The van der Waals surface area contributed by atoms with Gasteiger partial charge >= 0.3 is 0 Å². The summed E-state index contributed by atoms with van der Waals surface area (Å²) in [6, 6.07) is 15.9. The summed E-state index contributed by atoms with van der Waals surface area (Å²) in [5.74, 6) is 2.94. The first-order valence-corrected chi connectivity index (χ1v) is 7.78. The lowest BCUT2D eigenvalue weighted by Crippen LogP contribution is -2.17. The highest BCUT2D eigenvalue weighted by atomic mass is 16.5. The van der Waals surface area contributed by atoms with Gasteiger partial charge in [0.25, 0.3) is 0 Å². The van der Waals surface area contributed by atoms with Crippen LogP contribution in [0.1, 0.15) is 29.4 Å². The molecule has 2 heterocycles. The summed E-state index contributed by atoms with van der Waals surface area (Å²) in [7, 11) is 1.70. The Morgan fingerprint density at radius 1 is 1.00 bits per heavy atom. The second-order valence-corrected chi connectivity index (χ2v) is 5.35. The molecule has 0 fully saturated rings. The summed E-state index contributed by atoms with van der Waals surface area (Å²) in [6.07, 6.45) is 4.32. The molecule has 0 aliphatic heterocycles. The lowest BCUT2D eigenvalue weighted by Gasteiger charge is -2.18. The normalized spacial score (nSPS) is 12.2. The molecule has 0 saturated heterocycles. The largest absolute Gasteiger partial charge is 0.496 e. The van der Waals surface area contributed by atoms with E-state index in [1.807, 2.05) is 42.5 Å². The molecule has 0 radical (unpaired) electrons. The van der Waals surface area contributed by atoms with E-state index in [-0.39, 0.29) is 5.92 Å². The molecule has 120 valence electrons. The Bertz CT molecular complexity index is 689. The van der Waals surface area contributed by atoms with Crippen LogP contribution in [-0.4, -0.2) is 13.7 Å². The van der Waals surface area contributed by atoms with Crippen molar-refractivity contribution in [2.75, 3.05) is 13.7 Å². The molecule has 0 amide bonds. The van der Waals surface area contributed by atoms with Gasteiger partial charge in [0, 0.05) is 11.5 Å². The van der Waals surface area contributed by atoms with E-state index in [1.54, 1.807) is 19.6 Å². The topological polar surface area (TPSA) is 47.5 Å². The molecule has 4 heteroatoms. The molecular formula is C19H21NO3. The van der Waals surface area contributed by atoms with Gasteiger partial charge in [-0.3, -0.25) is 0 Å². The molecule has 0 bridgehead atoms. The second kappa shape index (κ2) is 7.70. The highest BCUT2D eigenvalue weighted by Crippen LogP contribution is 2.34. The molecule has 1 N–H and O–H groups in total. The highest BCUT2D eigenvalue weighted by molar-refractivity contribution is 5.39. The fourth-order valence-corrected chi connectivity index (χ4v) is 2.77. The minimum atomic E-state index is 0.158. The lowest BCUT2D eigenvalue weighted by atomic mass is 9.92. The lowest BCUT2D eigenvalue weighted by molar-refractivity contribution is 0.397. The molecule has 4 nitrogen and oxygen atoms in total. The average molecular weight is 311 g/mol. The van der Waals surface area contributed by atoms with Crippen LogP contribution in [-0.2, 0) is 6.54 Å². The summed E-state index contributed by atoms with van der Waals surface area (Å²) < 4.78 is 16.5. The third-order valence-corrected chi connectivity index (χ3v) is 3.89. The SMILES string of the molecule is COc1ccccc1[C@@H](CCNCc1ccco1)c1ccco1. The van der Waals surface area contributed by atoms with E-state index in [2.05, 4.69) is 11.4 Å². The fourth-order valence-electron chi connectivity index (χ4n) is 2.77. The monoisotopic (exact) mass is 311 g/mol. The van der Waals surface area contributed by atoms with Crippen molar-refractivity contribution in [3.63, 3.8) is 0 Å². The van der Waals surface area contributed by atoms with Gasteiger partial charge in [-0.2, -0.15) is 0 Å². The van der Waals surface area contributed by atoms with Gasteiger partial charge in [-0.1, -0.05) is 18.2 Å². The smallest absolute Gasteiger partial charge is 0.122 e. The van der Waals surface area contributed by atoms with E-state index in [4.69, 9.17) is 13.6 Å². The van der Waals surface area contributed by atoms with Gasteiger partial charge in [0.1, 0.15) is 17.3 Å². The Hall–Kier alpha value is -2.46.